The molecule has 1 fully saturated rings. The number of nitriles is 1. The molecule has 1 heterocycles. The first-order valence-electron chi connectivity index (χ1n) is 6.36. The highest BCUT2D eigenvalue weighted by atomic mass is 19.1. The van der Waals surface area contributed by atoms with Crippen molar-refractivity contribution in [1.29, 1.82) is 5.26 Å². The lowest BCUT2D eigenvalue weighted by Crippen LogP contribution is -2.44. The fourth-order valence-corrected chi connectivity index (χ4v) is 2.41. The van der Waals surface area contributed by atoms with Gasteiger partial charge in [-0.05, 0) is 43.7 Å². The maximum absolute atomic E-state index is 13.0. The van der Waals surface area contributed by atoms with Crippen LogP contribution in [-0.4, -0.2) is 30.2 Å². The average Bonchev–Trinajstić information content (AvgIpc) is 2.36. The van der Waals surface area contributed by atoms with Gasteiger partial charge in [0.25, 0.3) is 0 Å². The molecular formula is C15H17FN2O. The Morgan fingerprint density at radius 2 is 1.89 bits per heavy atom. The molecule has 0 aromatic heterocycles. The van der Waals surface area contributed by atoms with E-state index in [1.165, 1.54) is 18.2 Å². The Hall–Kier alpha value is -1.86. The molecule has 0 unspecified atom stereocenters. The summed E-state index contributed by atoms with van der Waals surface area (Å²) in [4.78, 5) is 2.12. The quantitative estimate of drug-likeness (QED) is 0.767. The van der Waals surface area contributed by atoms with Crippen LogP contribution in [0.2, 0.25) is 0 Å². The maximum atomic E-state index is 13.0. The van der Waals surface area contributed by atoms with Crippen molar-refractivity contribution >= 4 is 5.70 Å². The van der Waals surface area contributed by atoms with Crippen molar-refractivity contribution in [1.82, 2.24) is 4.90 Å². The van der Waals surface area contributed by atoms with Crippen molar-refractivity contribution in [3.05, 3.63) is 41.7 Å². The molecular weight excluding hydrogens is 243 g/mol. The SMILES string of the molecule is C[C@@H]1CN(/C(=C/C#N)c2ccc(F)cc2)C[C@H](C)O1. The Morgan fingerprint density at radius 1 is 1.32 bits per heavy atom. The first-order chi connectivity index (χ1) is 9.10. The highest BCUT2D eigenvalue weighted by molar-refractivity contribution is 5.66. The summed E-state index contributed by atoms with van der Waals surface area (Å²) in [5, 5.41) is 8.96. The molecule has 1 aromatic rings. The van der Waals surface area contributed by atoms with Gasteiger partial charge >= 0.3 is 0 Å². The molecule has 1 saturated heterocycles. The second kappa shape index (κ2) is 5.85. The van der Waals surface area contributed by atoms with E-state index in [0.717, 1.165) is 24.4 Å². The largest absolute Gasteiger partial charge is 0.372 e. The highest BCUT2D eigenvalue weighted by Gasteiger charge is 2.24. The zero-order valence-electron chi connectivity index (χ0n) is 11.1. The van der Waals surface area contributed by atoms with Gasteiger partial charge in [0, 0.05) is 19.2 Å². The van der Waals surface area contributed by atoms with Crippen LogP contribution in [0, 0.1) is 17.1 Å². The molecule has 0 N–H and O–H groups in total. The van der Waals surface area contributed by atoms with Crippen LogP contribution in [0.15, 0.2) is 30.3 Å². The van der Waals surface area contributed by atoms with E-state index in [-0.39, 0.29) is 18.0 Å². The summed E-state index contributed by atoms with van der Waals surface area (Å²) in [6.07, 6.45) is 1.75. The molecule has 3 nitrogen and oxygen atoms in total. The zero-order valence-corrected chi connectivity index (χ0v) is 11.1. The fourth-order valence-electron chi connectivity index (χ4n) is 2.41. The van der Waals surface area contributed by atoms with Gasteiger partial charge in [0.2, 0.25) is 0 Å². The molecule has 1 aliphatic rings. The van der Waals surface area contributed by atoms with Gasteiger partial charge in [-0.1, -0.05) is 0 Å². The van der Waals surface area contributed by atoms with Crippen LogP contribution in [0.4, 0.5) is 4.39 Å². The van der Waals surface area contributed by atoms with Crippen molar-refractivity contribution in [2.75, 3.05) is 13.1 Å². The second-order valence-corrected chi connectivity index (χ2v) is 4.83. The summed E-state index contributed by atoms with van der Waals surface area (Å²) in [7, 11) is 0. The Balaban J connectivity index is 2.28. The van der Waals surface area contributed by atoms with Crippen molar-refractivity contribution in [2.45, 2.75) is 26.1 Å². The Morgan fingerprint density at radius 3 is 2.42 bits per heavy atom. The minimum atomic E-state index is -0.274. The van der Waals surface area contributed by atoms with Crippen LogP contribution in [0.3, 0.4) is 0 Å². The normalized spacial score (nSPS) is 24.1. The summed E-state index contributed by atoms with van der Waals surface area (Å²) >= 11 is 0. The molecule has 0 bridgehead atoms. The summed E-state index contributed by atoms with van der Waals surface area (Å²) in [5.74, 6) is -0.274. The predicted molar refractivity (Wildman–Crippen MR) is 71.6 cm³/mol. The van der Waals surface area contributed by atoms with Crippen molar-refractivity contribution in [2.24, 2.45) is 0 Å². The molecule has 0 amide bonds. The maximum Gasteiger partial charge on any atom is 0.123 e. The first-order valence-corrected chi connectivity index (χ1v) is 6.36. The molecule has 1 aliphatic heterocycles. The van der Waals surface area contributed by atoms with Crippen LogP contribution in [0.5, 0.6) is 0 Å². The van der Waals surface area contributed by atoms with Crippen LogP contribution in [-0.2, 0) is 4.74 Å². The summed E-state index contributed by atoms with van der Waals surface area (Å²) in [6, 6.07) is 8.29. The minimum absolute atomic E-state index is 0.117. The van der Waals surface area contributed by atoms with Gasteiger partial charge in [-0.25, -0.2) is 4.39 Å². The molecule has 0 aliphatic carbocycles. The second-order valence-electron chi connectivity index (χ2n) is 4.83. The number of hydrogen-bond donors (Lipinski definition) is 0. The van der Waals surface area contributed by atoms with E-state index in [1.807, 2.05) is 13.8 Å². The minimum Gasteiger partial charge on any atom is -0.372 e. The summed E-state index contributed by atoms with van der Waals surface area (Å²) < 4.78 is 18.7. The van der Waals surface area contributed by atoms with Gasteiger partial charge in [-0.3, -0.25) is 0 Å². The van der Waals surface area contributed by atoms with E-state index in [0.29, 0.717) is 0 Å². The molecule has 2 rings (SSSR count). The average molecular weight is 260 g/mol. The third-order valence-corrected chi connectivity index (χ3v) is 3.10. The molecule has 4 heteroatoms. The van der Waals surface area contributed by atoms with E-state index < -0.39 is 0 Å². The molecule has 0 spiro atoms. The third kappa shape index (κ3) is 3.33. The van der Waals surface area contributed by atoms with Gasteiger partial charge < -0.3 is 9.64 Å². The van der Waals surface area contributed by atoms with E-state index in [4.69, 9.17) is 10.00 Å². The van der Waals surface area contributed by atoms with Gasteiger partial charge in [-0.2, -0.15) is 5.26 Å². The van der Waals surface area contributed by atoms with Crippen LogP contribution < -0.4 is 0 Å². The van der Waals surface area contributed by atoms with Crippen LogP contribution >= 0.6 is 0 Å². The fraction of sp³-hybridized carbons (Fsp3) is 0.400. The number of morpholine rings is 1. The lowest BCUT2D eigenvalue weighted by Gasteiger charge is -2.38. The molecule has 100 valence electrons. The smallest absolute Gasteiger partial charge is 0.123 e. The van der Waals surface area contributed by atoms with Gasteiger partial charge in [-0.15, -0.1) is 0 Å². The van der Waals surface area contributed by atoms with Gasteiger partial charge in [0.15, 0.2) is 0 Å². The number of nitrogens with zero attached hydrogens (tertiary/aromatic N) is 2. The third-order valence-electron chi connectivity index (χ3n) is 3.10. The Bertz CT molecular complexity index is 494. The lowest BCUT2D eigenvalue weighted by molar-refractivity contribution is -0.0508. The number of ether oxygens (including phenoxy) is 1. The van der Waals surface area contributed by atoms with E-state index in [1.54, 1.807) is 12.1 Å². The number of hydrogen-bond acceptors (Lipinski definition) is 3. The first kappa shape index (κ1) is 13.6. The summed E-state index contributed by atoms with van der Waals surface area (Å²) in [5.41, 5.74) is 1.67. The molecule has 0 saturated carbocycles. The monoisotopic (exact) mass is 260 g/mol. The Labute approximate surface area is 112 Å². The predicted octanol–water partition coefficient (Wildman–Crippen LogP) is 2.80. The van der Waals surface area contributed by atoms with E-state index in [2.05, 4.69) is 11.0 Å². The van der Waals surface area contributed by atoms with Gasteiger partial charge in [0.1, 0.15) is 5.82 Å². The summed E-state index contributed by atoms with van der Waals surface area (Å²) in [6.45, 7) is 5.49. The highest BCUT2D eigenvalue weighted by Crippen LogP contribution is 2.24. The van der Waals surface area contributed by atoms with Crippen molar-refractivity contribution < 1.29 is 9.13 Å². The van der Waals surface area contributed by atoms with E-state index >= 15 is 0 Å². The lowest BCUT2D eigenvalue weighted by atomic mass is 10.1. The van der Waals surface area contributed by atoms with Crippen LogP contribution in [0.1, 0.15) is 19.4 Å². The molecule has 19 heavy (non-hydrogen) atoms. The number of benzene rings is 1. The molecule has 1 aromatic carbocycles. The van der Waals surface area contributed by atoms with Crippen molar-refractivity contribution in [3.8, 4) is 6.07 Å². The van der Waals surface area contributed by atoms with Gasteiger partial charge in [0.05, 0.1) is 24.0 Å². The molecule has 0 radical (unpaired) electrons. The Kier molecular flexibility index (Phi) is 4.18. The van der Waals surface area contributed by atoms with Crippen molar-refractivity contribution in [3.63, 3.8) is 0 Å². The standard InChI is InChI=1S/C15H17FN2O/c1-11-9-18(10-12(2)19-11)15(7-8-17)13-3-5-14(16)6-4-13/h3-7,11-12H,9-10H2,1-2H3/b15-7+/t11-,12+. The van der Waals surface area contributed by atoms with Crippen LogP contribution in [0.25, 0.3) is 5.70 Å². The number of allylic oxidation sites excluding steroid dienone is 1. The van der Waals surface area contributed by atoms with E-state index in [9.17, 15) is 4.39 Å². The number of halogens is 1. The number of rotatable bonds is 2. The topological polar surface area (TPSA) is 36.3 Å². The molecule has 2 atom stereocenters. The zero-order chi connectivity index (χ0) is 13.8.